The maximum Gasteiger partial charge on any atom is 0.243 e. The summed E-state index contributed by atoms with van der Waals surface area (Å²) >= 11 is 4.87. The molecule has 3 aromatic rings. The van der Waals surface area contributed by atoms with Gasteiger partial charge in [-0.05, 0) is 30.5 Å². The second-order valence-corrected chi connectivity index (χ2v) is 12.2. The second kappa shape index (κ2) is 9.83. The zero-order valence-corrected chi connectivity index (χ0v) is 20.3. The average Bonchev–Trinajstić information content (AvgIpc) is 3.49. The molecule has 6 nitrogen and oxygen atoms in total. The first-order chi connectivity index (χ1) is 14.9. The minimum atomic E-state index is -3.51. The standard InChI is InChI=1S/C21H23N3O3S4/c1-16(29-14-17-15-30-20(22-17)19-8-5-13-28-19)21(25)23-9-11-24(12-10-23)31(26,27)18-6-3-2-4-7-18/h2-8,13,15-16H,9-12,14H2,1H3/t16-/m1/s1. The third-order valence-electron chi connectivity index (χ3n) is 5.04. The Morgan fingerprint density at radius 2 is 1.84 bits per heavy atom. The minimum absolute atomic E-state index is 0.0514. The number of hydrogen-bond donors (Lipinski definition) is 0. The van der Waals surface area contributed by atoms with E-state index in [0.717, 1.165) is 15.6 Å². The normalized spacial score (nSPS) is 16.4. The molecule has 0 spiro atoms. The van der Waals surface area contributed by atoms with Crippen LogP contribution in [-0.4, -0.2) is 59.9 Å². The van der Waals surface area contributed by atoms with Gasteiger partial charge in [0, 0.05) is 37.3 Å². The van der Waals surface area contributed by atoms with Gasteiger partial charge in [0.25, 0.3) is 0 Å². The zero-order chi connectivity index (χ0) is 21.8. The molecule has 1 fully saturated rings. The van der Waals surface area contributed by atoms with E-state index in [4.69, 9.17) is 0 Å². The first-order valence-electron chi connectivity index (χ1n) is 9.89. The molecule has 0 aliphatic carbocycles. The maximum absolute atomic E-state index is 12.9. The Bertz CT molecular complexity index is 1110. The van der Waals surface area contributed by atoms with Gasteiger partial charge in [-0.2, -0.15) is 4.31 Å². The summed E-state index contributed by atoms with van der Waals surface area (Å²) in [6, 6.07) is 12.5. The molecule has 1 aliphatic heterocycles. The molecule has 0 N–H and O–H groups in total. The molecule has 0 unspecified atom stereocenters. The van der Waals surface area contributed by atoms with Crippen molar-refractivity contribution in [2.45, 2.75) is 22.8 Å². The molecule has 164 valence electrons. The van der Waals surface area contributed by atoms with Crippen LogP contribution in [0.15, 0.2) is 58.1 Å². The number of thiazole rings is 1. The molecule has 1 aromatic carbocycles. The number of benzene rings is 1. The third kappa shape index (κ3) is 5.20. The number of carbonyl (C=O) groups excluding carboxylic acids is 1. The van der Waals surface area contributed by atoms with Crippen molar-refractivity contribution in [3.63, 3.8) is 0 Å². The molecule has 1 amide bonds. The van der Waals surface area contributed by atoms with E-state index in [2.05, 4.69) is 11.1 Å². The topological polar surface area (TPSA) is 70.6 Å². The number of hydrogen-bond acceptors (Lipinski definition) is 7. The van der Waals surface area contributed by atoms with Crippen LogP contribution in [-0.2, 0) is 20.6 Å². The van der Waals surface area contributed by atoms with Crippen LogP contribution in [0.1, 0.15) is 12.6 Å². The minimum Gasteiger partial charge on any atom is -0.339 e. The van der Waals surface area contributed by atoms with Crippen molar-refractivity contribution in [1.29, 1.82) is 0 Å². The summed E-state index contributed by atoms with van der Waals surface area (Å²) < 4.78 is 27.0. The molecule has 1 atom stereocenters. The molecule has 0 radical (unpaired) electrons. The number of piperazine rings is 1. The second-order valence-electron chi connectivity index (χ2n) is 7.12. The Labute approximate surface area is 195 Å². The fraction of sp³-hybridized carbons (Fsp3) is 0.333. The molecule has 4 rings (SSSR count). The van der Waals surface area contributed by atoms with Gasteiger partial charge in [-0.3, -0.25) is 4.79 Å². The molecule has 3 heterocycles. The SMILES string of the molecule is C[C@@H](SCc1csc(-c2cccs2)n1)C(=O)N1CCN(S(=O)(=O)c2ccccc2)CC1. The van der Waals surface area contributed by atoms with E-state index in [1.807, 2.05) is 23.8 Å². The van der Waals surface area contributed by atoms with Gasteiger partial charge in [-0.25, -0.2) is 13.4 Å². The van der Waals surface area contributed by atoms with E-state index in [-0.39, 0.29) is 11.2 Å². The van der Waals surface area contributed by atoms with Crippen molar-refractivity contribution in [1.82, 2.24) is 14.2 Å². The van der Waals surface area contributed by atoms with E-state index >= 15 is 0 Å². The average molecular weight is 494 g/mol. The van der Waals surface area contributed by atoms with Crippen LogP contribution in [0.2, 0.25) is 0 Å². The highest BCUT2D eigenvalue weighted by Gasteiger charge is 2.31. The molecule has 1 aliphatic rings. The van der Waals surface area contributed by atoms with Crippen molar-refractivity contribution in [2.75, 3.05) is 26.2 Å². The number of sulfonamides is 1. The van der Waals surface area contributed by atoms with Gasteiger partial charge in [0.05, 0.1) is 20.7 Å². The first kappa shape index (κ1) is 22.5. The molecule has 10 heteroatoms. The molecule has 0 saturated carbocycles. The molecular weight excluding hydrogens is 471 g/mol. The number of rotatable bonds is 7. The number of nitrogens with zero attached hydrogens (tertiary/aromatic N) is 3. The number of carbonyl (C=O) groups is 1. The zero-order valence-electron chi connectivity index (χ0n) is 17.0. The van der Waals surface area contributed by atoms with E-state index in [1.54, 1.807) is 69.7 Å². The lowest BCUT2D eigenvalue weighted by atomic mass is 10.3. The van der Waals surface area contributed by atoms with Crippen molar-refractivity contribution >= 4 is 50.4 Å². The molecule has 2 aromatic heterocycles. The molecule has 0 bridgehead atoms. The molecule has 31 heavy (non-hydrogen) atoms. The molecule has 1 saturated heterocycles. The lowest BCUT2D eigenvalue weighted by Gasteiger charge is -2.35. The summed E-state index contributed by atoms with van der Waals surface area (Å²) in [5.41, 5.74) is 0.983. The predicted octanol–water partition coefficient (Wildman–Crippen LogP) is 4.03. The van der Waals surface area contributed by atoms with Crippen LogP contribution in [0.5, 0.6) is 0 Å². The molecular formula is C21H23N3O3S4. The summed E-state index contributed by atoms with van der Waals surface area (Å²) in [5, 5.41) is 4.90. The Morgan fingerprint density at radius 1 is 1.10 bits per heavy atom. The van der Waals surface area contributed by atoms with Gasteiger partial charge < -0.3 is 4.90 Å². The van der Waals surface area contributed by atoms with Gasteiger partial charge >= 0.3 is 0 Å². The van der Waals surface area contributed by atoms with Crippen molar-refractivity contribution in [3.05, 3.63) is 58.9 Å². The lowest BCUT2D eigenvalue weighted by molar-refractivity contribution is -0.131. The van der Waals surface area contributed by atoms with E-state index < -0.39 is 10.0 Å². The van der Waals surface area contributed by atoms with Crippen molar-refractivity contribution in [3.8, 4) is 9.88 Å². The monoisotopic (exact) mass is 493 g/mol. The Morgan fingerprint density at radius 3 is 2.52 bits per heavy atom. The van der Waals surface area contributed by atoms with E-state index in [0.29, 0.717) is 36.8 Å². The Kier molecular flexibility index (Phi) is 7.12. The maximum atomic E-state index is 12.9. The highest BCUT2D eigenvalue weighted by Crippen LogP contribution is 2.30. The highest BCUT2D eigenvalue weighted by atomic mass is 32.2. The van der Waals surface area contributed by atoms with Crippen LogP contribution in [0, 0.1) is 0 Å². The van der Waals surface area contributed by atoms with Crippen LogP contribution >= 0.6 is 34.4 Å². The number of thiophene rings is 1. The van der Waals surface area contributed by atoms with E-state index in [9.17, 15) is 13.2 Å². The smallest absolute Gasteiger partial charge is 0.243 e. The largest absolute Gasteiger partial charge is 0.339 e. The summed E-state index contributed by atoms with van der Waals surface area (Å²) in [7, 11) is -3.51. The summed E-state index contributed by atoms with van der Waals surface area (Å²) in [5.74, 6) is 0.729. The highest BCUT2D eigenvalue weighted by molar-refractivity contribution is 7.99. The Balaban J connectivity index is 1.28. The summed E-state index contributed by atoms with van der Waals surface area (Å²) in [4.78, 5) is 20.8. The van der Waals surface area contributed by atoms with Crippen LogP contribution in [0.4, 0.5) is 0 Å². The predicted molar refractivity (Wildman–Crippen MR) is 128 cm³/mol. The summed E-state index contributed by atoms with van der Waals surface area (Å²) in [6.45, 7) is 3.36. The van der Waals surface area contributed by atoms with Gasteiger partial charge in [0.1, 0.15) is 5.01 Å². The first-order valence-corrected chi connectivity index (χ1v) is 14.1. The lowest BCUT2D eigenvalue weighted by Crippen LogP contribution is -2.52. The van der Waals surface area contributed by atoms with E-state index in [1.165, 1.54) is 4.31 Å². The number of thioether (sulfide) groups is 1. The van der Waals surface area contributed by atoms with Crippen molar-refractivity contribution in [2.24, 2.45) is 0 Å². The fourth-order valence-electron chi connectivity index (χ4n) is 3.32. The van der Waals surface area contributed by atoms with Crippen LogP contribution < -0.4 is 0 Å². The van der Waals surface area contributed by atoms with Gasteiger partial charge in [-0.1, -0.05) is 24.3 Å². The number of aromatic nitrogens is 1. The summed E-state index contributed by atoms with van der Waals surface area (Å²) in [6.07, 6.45) is 0. The quantitative estimate of drug-likeness (QED) is 0.497. The Hall–Kier alpha value is -1.72. The van der Waals surface area contributed by atoms with Gasteiger partial charge in [0.2, 0.25) is 15.9 Å². The number of amides is 1. The van der Waals surface area contributed by atoms with Gasteiger partial charge in [0.15, 0.2) is 0 Å². The van der Waals surface area contributed by atoms with Crippen LogP contribution in [0.25, 0.3) is 9.88 Å². The third-order valence-corrected chi connectivity index (χ3v) is 10.1. The van der Waals surface area contributed by atoms with Crippen LogP contribution in [0.3, 0.4) is 0 Å². The fourth-order valence-corrected chi connectivity index (χ4v) is 7.36. The van der Waals surface area contributed by atoms with Crippen molar-refractivity contribution < 1.29 is 13.2 Å². The van der Waals surface area contributed by atoms with Gasteiger partial charge in [-0.15, -0.1) is 34.4 Å².